The molecule has 0 atom stereocenters. The first-order valence-corrected chi connectivity index (χ1v) is 8.84. The molecule has 0 bridgehead atoms. The Labute approximate surface area is 162 Å². The Morgan fingerprint density at radius 3 is 2.37 bits per heavy atom. The predicted octanol–water partition coefficient (Wildman–Crippen LogP) is 4.56. The molecular formula is C21H18ClN3O2. The highest BCUT2D eigenvalue weighted by atomic mass is 35.5. The van der Waals surface area contributed by atoms with E-state index >= 15 is 0 Å². The van der Waals surface area contributed by atoms with Crippen LogP contribution in [0.3, 0.4) is 0 Å². The van der Waals surface area contributed by atoms with Gasteiger partial charge in [-0.1, -0.05) is 29.8 Å². The van der Waals surface area contributed by atoms with E-state index in [1.165, 1.54) is 6.20 Å². The summed E-state index contributed by atoms with van der Waals surface area (Å²) in [5.41, 5.74) is 2.74. The molecule has 3 aromatic rings. The molecule has 0 saturated heterocycles. The quantitative estimate of drug-likeness (QED) is 0.659. The molecule has 6 heteroatoms. The normalized spacial score (nSPS) is 10.3. The fourth-order valence-electron chi connectivity index (χ4n) is 2.51. The number of hydrogen-bond acceptors (Lipinski definition) is 3. The van der Waals surface area contributed by atoms with Crippen LogP contribution in [0.25, 0.3) is 0 Å². The molecule has 0 saturated carbocycles. The van der Waals surface area contributed by atoms with Gasteiger partial charge in [-0.25, -0.2) is 0 Å². The highest BCUT2D eigenvalue weighted by Gasteiger charge is 2.08. The maximum absolute atomic E-state index is 12.2. The first kappa shape index (κ1) is 18.6. The summed E-state index contributed by atoms with van der Waals surface area (Å²) in [4.78, 5) is 28.3. The maximum Gasteiger partial charge on any atom is 0.257 e. The smallest absolute Gasteiger partial charge is 0.257 e. The third kappa shape index (κ3) is 5.66. The predicted molar refractivity (Wildman–Crippen MR) is 107 cm³/mol. The molecule has 2 N–H and O–H groups in total. The van der Waals surface area contributed by atoms with E-state index in [-0.39, 0.29) is 11.8 Å². The molecule has 0 unspecified atom stereocenters. The van der Waals surface area contributed by atoms with E-state index in [2.05, 4.69) is 15.6 Å². The highest BCUT2D eigenvalue weighted by Crippen LogP contribution is 2.17. The van der Waals surface area contributed by atoms with Gasteiger partial charge in [0.15, 0.2) is 0 Å². The number of benzene rings is 2. The number of amides is 2. The lowest BCUT2D eigenvalue weighted by molar-refractivity contribution is -0.116. The third-order valence-corrected chi connectivity index (χ3v) is 4.13. The van der Waals surface area contributed by atoms with Gasteiger partial charge in [0.2, 0.25) is 5.91 Å². The van der Waals surface area contributed by atoms with Gasteiger partial charge in [0.25, 0.3) is 5.91 Å². The van der Waals surface area contributed by atoms with Gasteiger partial charge in [0, 0.05) is 35.2 Å². The second-order valence-corrected chi connectivity index (χ2v) is 6.39. The Morgan fingerprint density at radius 2 is 1.67 bits per heavy atom. The van der Waals surface area contributed by atoms with Crippen molar-refractivity contribution < 1.29 is 9.59 Å². The summed E-state index contributed by atoms with van der Waals surface area (Å²) in [6.45, 7) is 0. The Morgan fingerprint density at radius 1 is 0.926 bits per heavy atom. The molecule has 0 radical (unpaired) electrons. The number of aryl methyl sites for hydroxylation is 1. The summed E-state index contributed by atoms with van der Waals surface area (Å²) in [5, 5.41) is 6.31. The number of aromatic nitrogens is 1. The van der Waals surface area contributed by atoms with Crippen LogP contribution in [-0.2, 0) is 11.2 Å². The standard InChI is InChI=1S/C21H18ClN3O2/c22-17-9-6-15(7-10-17)8-11-20(26)24-18-4-1-5-19(13-18)25-21(27)16-3-2-12-23-14-16/h1-7,9-10,12-14H,8,11H2,(H,24,26)(H,25,27). The van der Waals surface area contributed by atoms with Crippen LogP contribution in [0, 0.1) is 0 Å². The summed E-state index contributed by atoms with van der Waals surface area (Å²) >= 11 is 5.86. The fourth-order valence-corrected chi connectivity index (χ4v) is 2.63. The van der Waals surface area contributed by atoms with E-state index in [1.807, 2.05) is 24.3 Å². The fraction of sp³-hybridized carbons (Fsp3) is 0.0952. The zero-order valence-corrected chi connectivity index (χ0v) is 15.2. The first-order chi connectivity index (χ1) is 13.1. The molecule has 0 spiro atoms. The molecule has 1 aromatic heterocycles. The van der Waals surface area contributed by atoms with E-state index in [0.29, 0.717) is 34.8 Å². The van der Waals surface area contributed by atoms with Crippen LogP contribution >= 0.6 is 11.6 Å². The average Bonchev–Trinajstić information content (AvgIpc) is 2.68. The van der Waals surface area contributed by atoms with Crippen molar-refractivity contribution in [2.75, 3.05) is 10.6 Å². The Hall–Kier alpha value is -3.18. The number of nitrogens with zero attached hydrogens (tertiary/aromatic N) is 1. The van der Waals surface area contributed by atoms with Gasteiger partial charge in [0.1, 0.15) is 0 Å². The largest absolute Gasteiger partial charge is 0.326 e. The number of rotatable bonds is 6. The molecule has 0 aliphatic heterocycles. The summed E-state index contributed by atoms with van der Waals surface area (Å²) in [6, 6.07) is 17.8. The molecule has 0 aliphatic rings. The van der Waals surface area contributed by atoms with Gasteiger partial charge >= 0.3 is 0 Å². The monoisotopic (exact) mass is 379 g/mol. The molecule has 0 fully saturated rings. The number of anilines is 2. The zero-order chi connectivity index (χ0) is 19.1. The van der Waals surface area contributed by atoms with E-state index in [4.69, 9.17) is 11.6 Å². The summed E-state index contributed by atoms with van der Waals surface area (Å²) < 4.78 is 0. The molecule has 0 aliphatic carbocycles. The van der Waals surface area contributed by atoms with Crippen LogP contribution in [-0.4, -0.2) is 16.8 Å². The zero-order valence-electron chi connectivity index (χ0n) is 14.5. The Kier molecular flexibility index (Phi) is 6.18. The second kappa shape index (κ2) is 8.96. The van der Waals surface area contributed by atoms with Crippen molar-refractivity contribution in [1.29, 1.82) is 0 Å². The van der Waals surface area contributed by atoms with Crippen LogP contribution in [0.1, 0.15) is 22.3 Å². The molecular weight excluding hydrogens is 362 g/mol. The number of carbonyl (C=O) groups is 2. The van der Waals surface area contributed by atoms with Crippen molar-refractivity contribution in [2.45, 2.75) is 12.8 Å². The van der Waals surface area contributed by atoms with Crippen LogP contribution in [0.15, 0.2) is 73.1 Å². The van der Waals surface area contributed by atoms with Gasteiger partial charge in [-0.15, -0.1) is 0 Å². The molecule has 27 heavy (non-hydrogen) atoms. The van der Waals surface area contributed by atoms with E-state index in [0.717, 1.165) is 5.56 Å². The van der Waals surface area contributed by atoms with Crippen molar-refractivity contribution in [3.63, 3.8) is 0 Å². The number of nitrogens with one attached hydrogen (secondary N) is 2. The molecule has 5 nitrogen and oxygen atoms in total. The van der Waals surface area contributed by atoms with Gasteiger partial charge in [0.05, 0.1) is 5.56 Å². The average molecular weight is 380 g/mol. The molecule has 3 rings (SSSR count). The number of carbonyl (C=O) groups excluding carboxylic acids is 2. The van der Waals surface area contributed by atoms with Gasteiger partial charge < -0.3 is 10.6 Å². The minimum atomic E-state index is -0.255. The lowest BCUT2D eigenvalue weighted by atomic mass is 10.1. The number of halogens is 1. The summed E-state index contributed by atoms with van der Waals surface area (Å²) in [5.74, 6) is -0.352. The van der Waals surface area contributed by atoms with Crippen molar-refractivity contribution in [2.24, 2.45) is 0 Å². The number of pyridine rings is 1. The molecule has 136 valence electrons. The lowest BCUT2D eigenvalue weighted by Crippen LogP contribution is -2.14. The lowest BCUT2D eigenvalue weighted by Gasteiger charge is -2.09. The van der Waals surface area contributed by atoms with Crippen LogP contribution in [0.2, 0.25) is 5.02 Å². The molecule has 2 amide bonds. The third-order valence-electron chi connectivity index (χ3n) is 3.88. The summed E-state index contributed by atoms with van der Waals surface area (Å²) in [7, 11) is 0. The topological polar surface area (TPSA) is 71.1 Å². The highest BCUT2D eigenvalue weighted by molar-refractivity contribution is 6.30. The molecule has 2 aromatic carbocycles. The van der Waals surface area contributed by atoms with Crippen LogP contribution in [0.4, 0.5) is 11.4 Å². The SMILES string of the molecule is O=C(CCc1ccc(Cl)cc1)Nc1cccc(NC(=O)c2cccnc2)c1. The van der Waals surface area contributed by atoms with E-state index in [9.17, 15) is 9.59 Å². The van der Waals surface area contributed by atoms with Crippen molar-refractivity contribution >= 4 is 34.8 Å². The van der Waals surface area contributed by atoms with Crippen LogP contribution in [0.5, 0.6) is 0 Å². The molecule has 1 heterocycles. The number of hydrogen-bond donors (Lipinski definition) is 2. The van der Waals surface area contributed by atoms with Crippen molar-refractivity contribution in [3.05, 3.63) is 89.2 Å². The summed E-state index contributed by atoms with van der Waals surface area (Å²) in [6.07, 6.45) is 4.09. The van der Waals surface area contributed by atoms with Gasteiger partial charge in [-0.2, -0.15) is 0 Å². The van der Waals surface area contributed by atoms with E-state index < -0.39 is 0 Å². The second-order valence-electron chi connectivity index (χ2n) is 5.95. The minimum absolute atomic E-state index is 0.0966. The van der Waals surface area contributed by atoms with Gasteiger partial charge in [-0.05, 0) is 54.4 Å². The minimum Gasteiger partial charge on any atom is -0.326 e. The Balaban J connectivity index is 1.56. The first-order valence-electron chi connectivity index (χ1n) is 8.46. The van der Waals surface area contributed by atoms with E-state index in [1.54, 1.807) is 42.6 Å². The van der Waals surface area contributed by atoms with Crippen molar-refractivity contribution in [1.82, 2.24) is 4.98 Å². The maximum atomic E-state index is 12.2. The van der Waals surface area contributed by atoms with Gasteiger partial charge in [-0.3, -0.25) is 14.6 Å². The van der Waals surface area contributed by atoms with Crippen LogP contribution < -0.4 is 10.6 Å². The van der Waals surface area contributed by atoms with Crippen molar-refractivity contribution in [3.8, 4) is 0 Å². The Bertz CT molecular complexity index is 928.